The molecule has 25 heavy (non-hydrogen) atoms. The summed E-state index contributed by atoms with van der Waals surface area (Å²) in [5.41, 5.74) is -0.855. The predicted molar refractivity (Wildman–Crippen MR) is 86.4 cm³/mol. The quantitative estimate of drug-likeness (QED) is 0.249. The molecule has 2 amide bonds. The zero-order valence-electron chi connectivity index (χ0n) is 14.5. The normalized spacial score (nSPS) is 13.0. The minimum Gasteiger partial charge on any atom is -0.443 e. The maximum absolute atomic E-state index is 12.6. The smallest absolute Gasteiger partial charge is 0.418 e. The van der Waals surface area contributed by atoms with Gasteiger partial charge in [0.05, 0.1) is 0 Å². The molecule has 3 N–H and O–H groups in total. The number of nitrogens with zero attached hydrogens (tertiary/aromatic N) is 6. The Morgan fingerprint density at radius 3 is 2.48 bits per heavy atom. The first-order chi connectivity index (χ1) is 11.6. The summed E-state index contributed by atoms with van der Waals surface area (Å²) in [5, 5.41) is 16.2. The lowest BCUT2D eigenvalue weighted by molar-refractivity contribution is -0.133. The molecule has 136 valence electrons. The van der Waals surface area contributed by atoms with E-state index in [4.69, 9.17) is 10.6 Å². The molecule has 0 aliphatic rings. The number of H-pyrrole nitrogens is 1. The Kier molecular flexibility index (Phi) is 6.52. The number of ether oxygens (including phenoxy) is 1. The van der Waals surface area contributed by atoms with Gasteiger partial charge in [-0.25, -0.2) is 20.5 Å². The first-order valence-corrected chi connectivity index (χ1v) is 7.20. The number of hydrogen-bond donors (Lipinski definition) is 2. The van der Waals surface area contributed by atoms with Crippen LogP contribution < -0.4 is 10.7 Å². The van der Waals surface area contributed by atoms with Crippen molar-refractivity contribution < 1.29 is 14.3 Å². The van der Waals surface area contributed by atoms with Crippen LogP contribution in [0.5, 0.6) is 0 Å². The van der Waals surface area contributed by atoms with Gasteiger partial charge in [0.1, 0.15) is 5.60 Å². The summed E-state index contributed by atoms with van der Waals surface area (Å²) in [6.45, 7) is 7.72. The van der Waals surface area contributed by atoms with Gasteiger partial charge in [0, 0.05) is 0 Å². The zero-order valence-corrected chi connectivity index (χ0v) is 14.5. The average Bonchev–Trinajstić information content (AvgIpc) is 3.04. The number of anilines is 1. The largest absolute Gasteiger partial charge is 0.443 e. The Morgan fingerprint density at radius 2 is 2.04 bits per heavy atom. The second kappa shape index (κ2) is 8.15. The summed E-state index contributed by atoms with van der Waals surface area (Å²) in [6.07, 6.45) is -2.10. The van der Waals surface area contributed by atoms with Crippen LogP contribution in [-0.2, 0) is 9.53 Å². The van der Waals surface area contributed by atoms with Crippen molar-refractivity contribution in [1.82, 2.24) is 25.6 Å². The number of hydrogen-bond acceptors (Lipinski definition) is 9. The van der Waals surface area contributed by atoms with Crippen LogP contribution in [0.25, 0.3) is 0 Å². The van der Waals surface area contributed by atoms with Crippen molar-refractivity contribution in [1.29, 1.82) is 0 Å². The number of rotatable bonds is 5. The van der Waals surface area contributed by atoms with Gasteiger partial charge < -0.3 is 4.74 Å². The summed E-state index contributed by atoms with van der Waals surface area (Å²) in [4.78, 5) is 36.6. The molecule has 0 spiro atoms. The molecule has 1 aromatic rings. The van der Waals surface area contributed by atoms with Crippen LogP contribution in [0.1, 0.15) is 34.6 Å². The van der Waals surface area contributed by atoms with E-state index in [0.717, 1.165) is 4.90 Å². The van der Waals surface area contributed by atoms with Gasteiger partial charge in [-0.3, -0.25) is 4.79 Å². The van der Waals surface area contributed by atoms with Crippen molar-refractivity contribution in [3.05, 3.63) is 4.91 Å². The van der Waals surface area contributed by atoms with Gasteiger partial charge in [0.25, 0.3) is 11.9 Å². The van der Waals surface area contributed by atoms with Crippen LogP contribution in [-0.4, -0.2) is 55.4 Å². The summed E-state index contributed by atoms with van der Waals surface area (Å²) in [7, 11) is 0. The summed E-state index contributed by atoms with van der Waals surface area (Å²) < 4.78 is 5.27. The van der Waals surface area contributed by atoms with E-state index in [1.807, 2.05) is 0 Å². The molecule has 1 rings (SSSR count). The molecular formula is C13H20N8O4. The molecule has 2 unspecified atom stereocenters. The number of carbonyl (C=O) groups is 2. The number of aromatic amines is 1. The van der Waals surface area contributed by atoms with E-state index >= 15 is 0 Å². The predicted octanol–water partition coefficient (Wildman–Crippen LogP) is 0.148. The Hall–Kier alpha value is -3.07. The number of tetrazole rings is 1. The molecule has 0 saturated heterocycles. The van der Waals surface area contributed by atoms with Crippen molar-refractivity contribution in [3.8, 4) is 11.8 Å². The van der Waals surface area contributed by atoms with E-state index in [-0.39, 0.29) is 5.95 Å². The first-order valence-electron chi connectivity index (χ1n) is 7.20. The van der Waals surface area contributed by atoms with Gasteiger partial charge in [-0.2, -0.15) is 5.21 Å². The van der Waals surface area contributed by atoms with Gasteiger partial charge in [0.15, 0.2) is 12.2 Å². The maximum atomic E-state index is 12.6. The molecule has 0 radical (unpaired) electrons. The van der Waals surface area contributed by atoms with E-state index < -0.39 is 29.8 Å². The summed E-state index contributed by atoms with van der Waals surface area (Å²) in [5.74, 6) is 9.56. The first kappa shape index (κ1) is 20.0. The highest BCUT2D eigenvalue weighted by Crippen LogP contribution is 2.17. The summed E-state index contributed by atoms with van der Waals surface area (Å²) >= 11 is 0. The van der Waals surface area contributed by atoms with E-state index in [0.29, 0.717) is 5.01 Å². The Labute approximate surface area is 144 Å². The molecule has 12 nitrogen and oxygen atoms in total. The monoisotopic (exact) mass is 352 g/mol. The fourth-order valence-electron chi connectivity index (χ4n) is 1.62. The van der Waals surface area contributed by atoms with E-state index in [2.05, 4.69) is 37.6 Å². The third-order valence-electron chi connectivity index (χ3n) is 2.72. The molecule has 1 heterocycles. The lowest BCUT2D eigenvalue weighted by Gasteiger charge is -2.30. The summed E-state index contributed by atoms with van der Waals surface area (Å²) in [6, 6.07) is -1.44. The fourth-order valence-corrected chi connectivity index (χ4v) is 1.62. The highest BCUT2D eigenvalue weighted by Gasteiger charge is 2.38. The average molecular weight is 352 g/mol. The van der Waals surface area contributed by atoms with Crippen molar-refractivity contribution in [3.63, 3.8) is 0 Å². The molecule has 0 saturated carbocycles. The molecular weight excluding hydrogens is 332 g/mol. The van der Waals surface area contributed by atoms with Gasteiger partial charge in [-0.1, -0.05) is 11.0 Å². The fraction of sp³-hybridized carbons (Fsp3) is 0.615. The molecule has 2 atom stereocenters. The Bertz CT molecular complexity index is 672. The minimum absolute atomic E-state index is 0.240. The van der Waals surface area contributed by atoms with Crippen LogP contribution in [0.3, 0.4) is 0 Å². The number of nitrogens with two attached hydrogens (primary N) is 1. The molecule has 0 aliphatic heterocycles. The molecule has 12 heteroatoms. The molecule has 0 aromatic carbocycles. The van der Waals surface area contributed by atoms with E-state index in [9.17, 15) is 14.5 Å². The highest BCUT2D eigenvalue weighted by atomic mass is 16.6. The molecule has 0 bridgehead atoms. The Balaban J connectivity index is 3.31. The second-order valence-electron chi connectivity index (χ2n) is 5.84. The number of nitroso groups, excluding NO2 is 1. The van der Waals surface area contributed by atoms with Crippen LogP contribution in [0.4, 0.5) is 10.7 Å². The van der Waals surface area contributed by atoms with Crippen LogP contribution in [0.2, 0.25) is 0 Å². The number of carbonyl (C=O) groups excluding carboxylic acids is 2. The van der Waals surface area contributed by atoms with Crippen molar-refractivity contribution in [2.45, 2.75) is 52.4 Å². The van der Waals surface area contributed by atoms with Gasteiger partial charge in [-0.15, -0.1) is 15.9 Å². The minimum atomic E-state index is -1.44. The second-order valence-corrected chi connectivity index (χ2v) is 5.84. The van der Waals surface area contributed by atoms with Crippen molar-refractivity contribution in [2.24, 2.45) is 11.0 Å². The number of hydrazine groups is 1. The standard InChI is InChI=1S/C13H20N8O4/c1-6-7-9(10(22)21(14)8(2)17-24)20(11-15-18-19-16-11)12(23)25-13(3,4)5/h8-9H,14H2,1-5H3,(H,15,16,18,19). The molecule has 0 aliphatic carbocycles. The van der Waals surface area contributed by atoms with E-state index in [1.54, 1.807) is 20.8 Å². The lowest BCUT2D eigenvalue weighted by Crippen LogP contribution is -2.56. The van der Waals surface area contributed by atoms with E-state index in [1.165, 1.54) is 13.8 Å². The van der Waals surface area contributed by atoms with Crippen molar-refractivity contribution in [2.75, 3.05) is 4.90 Å². The third kappa shape index (κ3) is 5.21. The lowest BCUT2D eigenvalue weighted by atomic mass is 10.2. The SMILES string of the molecule is CC#CC(C(=O)N(N)C(C)N=O)N(C(=O)OC(C)(C)C)c1nn[nH]n1. The third-order valence-corrected chi connectivity index (χ3v) is 2.72. The number of aromatic nitrogens is 4. The zero-order chi connectivity index (χ0) is 19.2. The number of amides is 2. The Morgan fingerprint density at radius 1 is 1.40 bits per heavy atom. The highest BCUT2D eigenvalue weighted by molar-refractivity contribution is 5.98. The number of nitrogens with one attached hydrogen (secondary N) is 1. The van der Waals surface area contributed by atoms with Crippen LogP contribution in [0.15, 0.2) is 5.18 Å². The van der Waals surface area contributed by atoms with Gasteiger partial charge >= 0.3 is 6.09 Å². The van der Waals surface area contributed by atoms with Crippen LogP contribution in [0, 0.1) is 16.7 Å². The van der Waals surface area contributed by atoms with Gasteiger partial charge in [-0.05, 0) is 45.0 Å². The van der Waals surface area contributed by atoms with Crippen LogP contribution >= 0.6 is 0 Å². The van der Waals surface area contributed by atoms with Gasteiger partial charge in [0.2, 0.25) is 0 Å². The molecule has 1 aromatic heterocycles. The topological polar surface area (TPSA) is 160 Å². The maximum Gasteiger partial charge on any atom is 0.418 e. The molecule has 0 fully saturated rings. The van der Waals surface area contributed by atoms with Crippen molar-refractivity contribution >= 4 is 17.9 Å².